The maximum atomic E-state index is 14.7. The van der Waals surface area contributed by atoms with Crippen LogP contribution < -0.4 is 0 Å². The molecule has 0 saturated carbocycles. The van der Waals surface area contributed by atoms with Gasteiger partial charge in [-0.1, -0.05) is 30.3 Å². The number of aliphatic hydroxyl groups excluding tert-OH is 1. The maximum Gasteiger partial charge on any atom is 0.314 e. The molecule has 2 rings (SSSR count). The number of hydrogen-bond donors (Lipinski definition) is 2. The van der Waals surface area contributed by atoms with Gasteiger partial charge in [0.05, 0.1) is 5.60 Å². The van der Waals surface area contributed by atoms with Crippen molar-refractivity contribution in [3.8, 4) is 11.3 Å². The average Bonchev–Trinajstić information content (AvgIpc) is 2.46. The first-order valence-electron chi connectivity index (χ1n) is 7.10. The standard InChI is InChI=1S/C17H18F3NO2/c1-10(22)17(19,20)13-9-12(16(2,3)23)14(18)15(21-13)11-7-5-4-6-8-11/h4-10,22-23H,1-3H3. The van der Waals surface area contributed by atoms with Gasteiger partial charge in [0.2, 0.25) is 0 Å². The summed E-state index contributed by atoms with van der Waals surface area (Å²) in [6, 6.07) is 8.81. The molecule has 0 bridgehead atoms. The van der Waals surface area contributed by atoms with E-state index in [1.54, 1.807) is 18.2 Å². The van der Waals surface area contributed by atoms with Crippen LogP contribution in [-0.4, -0.2) is 21.3 Å². The van der Waals surface area contributed by atoms with Crippen molar-refractivity contribution in [1.29, 1.82) is 0 Å². The Morgan fingerprint density at radius 2 is 1.70 bits per heavy atom. The molecule has 124 valence electrons. The summed E-state index contributed by atoms with van der Waals surface area (Å²) in [5, 5.41) is 19.4. The minimum absolute atomic E-state index is 0.291. The lowest BCUT2D eigenvalue weighted by Gasteiger charge is -2.25. The molecule has 6 heteroatoms. The Morgan fingerprint density at radius 1 is 1.13 bits per heavy atom. The zero-order chi connectivity index (χ0) is 17.4. The highest BCUT2D eigenvalue weighted by Gasteiger charge is 2.41. The number of pyridine rings is 1. The smallest absolute Gasteiger partial charge is 0.314 e. The molecule has 1 heterocycles. The average molecular weight is 325 g/mol. The third-order valence-electron chi connectivity index (χ3n) is 3.53. The summed E-state index contributed by atoms with van der Waals surface area (Å²) in [6.45, 7) is 3.52. The van der Waals surface area contributed by atoms with Gasteiger partial charge in [0.25, 0.3) is 0 Å². The largest absolute Gasteiger partial charge is 0.387 e. The Labute approximate surface area is 132 Å². The van der Waals surface area contributed by atoms with Crippen LogP contribution in [0.1, 0.15) is 32.0 Å². The molecule has 2 aromatic rings. The van der Waals surface area contributed by atoms with Gasteiger partial charge < -0.3 is 10.2 Å². The van der Waals surface area contributed by atoms with Gasteiger partial charge in [0, 0.05) is 11.1 Å². The molecule has 0 aliphatic heterocycles. The number of aromatic nitrogens is 1. The van der Waals surface area contributed by atoms with Crippen LogP contribution in [-0.2, 0) is 11.5 Å². The van der Waals surface area contributed by atoms with Crippen molar-refractivity contribution in [1.82, 2.24) is 4.98 Å². The van der Waals surface area contributed by atoms with E-state index in [0.29, 0.717) is 5.56 Å². The third kappa shape index (κ3) is 3.38. The number of nitrogens with zero attached hydrogens (tertiary/aromatic N) is 1. The number of benzene rings is 1. The fourth-order valence-corrected chi connectivity index (χ4v) is 2.15. The number of rotatable bonds is 4. The molecule has 1 aromatic carbocycles. The molecule has 0 aliphatic carbocycles. The van der Waals surface area contributed by atoms with Gasteiger partial charge in [-0.2, -0.15) is 8.78 Å². The van der Waals surface area contributed by atoms with Gasteiger partial charge in [-0.3, -0.25) is 0 Å². The SMILES string of the molecule is CC(O)C(F)(F)c1cc(C(C)(C)O)c(F)c(-c2ccccc2)n1. The molecule has 0 radical (unpaired) electrons. The van der Waals surface area contributed by atoms with Gasteiger partial charge in [0.1, 0.15) is 17.5 Å². The number of aliphatic hydroxyl groups is 2. The van der Waals surface area contributed by atoms with Crippen LogP contribution in [0.5, 0.6) is 0 Å². The van der Waals surface area contributed by atoms with Crippen LogP contribution >= 0.6 is 0 Å². The first-order valence-corrected chi connectivity index (χ1v) is 7.10. The second-order valence-electron chi connectivity index (χ2n) is 5.94. The van der Waals surface area contributed by atoms with E-state index in [0.717, 1.165) is 13.0 Å². The summed E-state index contributed by atoms with van der Waals surface area (Å²) in [6.07, 6.45) is -2.00. The van der Waals surface area contributed by atoms with E-state index in [-0.39, 0.29) is 11.3 Å². The second kappa shape index (κ2) is 5.94. The molecule has 2 N–H and O–H groups in total. The van der Waals surface area contributed by atoms with E-state index in [4.69, 9.17) is 0 Å². The minimum atomic E-state index is -3.67. The van der Waals surface area contributed by atoms with Crippen molar-refractivity contribution in [3.05, 3.63) is 53.5 Å². The van der Waals surface area contributed by atoms with Crippen molar-refractivity contribution in [2.45, 2.75) is 38.4 Å². The van der Waals surface area contributed by atoms with E-state index >= 15 is 0 Å². The molecule has 0 fully saturated rings. The molecule has 1 aromatic heterocycles. The van der Waals surface area contributed by atoms with E-state index in [1.165, 1.54) is 26.0 Å². The van der Waals surface area contributed by atoms with E-state index in [1.807, 2.05) is 0 Å². The molecule has 1 unspecified atom stereocenters. The van der Waals surface area contributed by atoms with Crippen molar-refractivity contribution in [3.63, 3.8) is 0 Å². The highest BCUT2D eigenvalue weighted by Crippen LogP contribution is 2.37. The van der Waals surface area contributed by atoms with Crippen LogP contribution in [0.3, 0.4) is 0 Å². The predicted molar refractivity (Wildman–Crippen MR) is 80.5 cm³/mol. The lowest BCUT2D eigenvalue weighted by Crippen LogP contribution is -2.31. The Balaban J connectivity index is 2.77. The maximum absolute atomic E-state index is 14.7. The first-order chi connectivity index (χ1) is 10.5. The second-order valence-corrected chi connectivity index (χ2v) is 5.94. The fourth-order valence-electron chi connectivity index (χ4n) is 2.15. The van der Waals surface area contributed by atoms with Crippen molar-refractivity contribution in [2.24, 2.45) is 0 Å². The van der Waals surface area contributed by atoms with E-state index in [2.05, 4.69) is 4.98 Å². The quantitative estimate of drug-likeness (QED) is 0.903. The lowest BCUT2D eigenvalue weighted by atomic mass is 9.93. The molecule has 0 spiro atoms. The minimum Gasteiger partial charge on any atom is -0.387 e. The van der Waals surface area contributed by atoms with Crippen LogP contribution in [0.15, 0.2) is 36.4 Å². The third-order valence-corrected chi connectivity index (χ3v) is 3.53. The van der Waals surface area contributed by atoms with Crippen molar-refractivity contribution < 1.29 is 23.4 Å². The number of alkyl halides is 2. The Bertz CT molecular complexity index is 695. The Kier molecular flexibility index (Phi) is 4.50. The van der Waals surface area contributed by atoms with Gasteiger partial charge in [0.15, 0.2) is 5.82 Å². The molecule has 0 aliphatic rings. The Hall–Kier alpha value is -1.92. The van der Waals surface area contributed by atoms with Crippen molar-refractivity contribution in [2.75, 3.05) is 0 Å². The molecule has 0 amide bonds. The lowest BCUT2D eigenvalue weighted by molar-refractivity contribution is -0.109. The molecule has 0 saturated heterocycles. The van der Waals surface area contributed by atoms with Crippen LogP contribution in [0, 0.1) is 5.82 Å². The molecule has 3 nitrogen and oxygen atoms in total. The highest BCUT2D eigenvalue weighted by atomic mass is 19.3. The topological polar surface area (TPSA) is 53.4 Å². The van der Waals surface area contributed by atoms with Gasteiger partial charge in [-0.25, -0.2) is 9.37 Å². The summed E-state index contributed by atoms with van der Waals surface area (Å²) in [4.78, 5) is 3.71. The zero-order valence-corrected chi connectivity index (χ0v) is 13.0. The summed E-state index contributed by atoms with van der Waals surface area (Å²) < 4.78 is 43.0. The highest BCUT2D eigenvalue weighted by molar-refractivity contribution is 5.61. The van der Waals surface area contributed by atoms with Crippen LogP contribution in [0.25, 0.3) is 11.3 Å². The Morgan fingerprint density at radius 3 is 2.17 bits per heavy atom. The number of hydrogen-bond acceptors (Lipinski definition) is 3. The van der Waals surface area contributed by atoms with Gasteiger partial charge in [-0.05, 0) is 26.8 Å². The molecular formula is C17H18F3NO2. The van der Waals surface area contributed by atoms with Crippen molar-refractivity contribution >= 4 is 0 Å². The van der Waals surface area contributed by atoms with Crippen LogP contribution in [0.4, 0.5) is 13.2 Å². The molecule has 23 heavy (non-hydrogen) atoms. The summed E-state index contributed by atoms with van der Waals surface area (Å²) in [5.74, 6) is -4.54. The van der Waals surface area contributed by atoms with Gasteiger partial charge >= 0.3 is 5.92 Å². The van der Waals surface area contributed by atoms with E-state index in [9.17, 15) is 23.4 Å². The normalized spacial score (nSPS) is 13.9. The molecular weight excluding hydrogens is 307 g/mol. The predicted octanol–water partition coefficient (Wildman–Crippen LogP) is 3.59. The zero-order valence-electron chi connectivity index (χ0n) is 13.0. The first kappa shape index (κ1) is 17.4. The number of halogens is 3. The monoisotopic (exact) mass is 325 g/mol. The summed E-state index contributed by atoms with van der Waals surface area (Å²) in [5.41, 5.74) is -2.76. The van der Waals surface area contributed by atoms with E-state index < -0.39 is 29.1 Å². The van der Waals surface area contributed by atoms with Crippen LogP contribution in [0.2, 0.25) is 0 Å². The summed E-state index contributed by atoms with van der Waals surface area (Å²) >= 11 is 0. The molecule has 1 atom stereocenters. The fraction of sp³-hybridized carbons (Fsp3) is 0.353. The van der Waals surface area contributed by atoms with Gasteiger partial charge in [-0.15, -0.1) is 0 Å². The summed E-state index contributed by atoms with van der Waals surface area (Å²) in [7, 11) is 0.